The molecule has 19 heavy (non-hydrogen) atoms. The van der Waals surface area contributed by atoms with E-state index < -0.39 is 10.7 Å². The van der Waals surface area contributed by atoms with Gasteiger partial charge < -0.3 is 5.32 Å². The molecule has 0 fully saturated rings. The molecule has 0 aliphatic rings. The van der Waals surface area contributed by atoms with Crippen LogP contribution >= 0.6 is 0 Å². The maximum atomic E-state index is 13.5. The van der Waals surface area contributed by atoms with Crippen LogP contribution in [-0.2, 0) is 6.42 Å². The smallest absolute Gasteiger partial charge is 0.272 e. The van der Waals surface area contributed by atoms with Gasteiger partial charge in [0, 0.05) is 19.0 Å². The number of hydrogen-bond donors (Lipinski definition) is 2. The van der Waals surface area contributed by atoms with Crippen LogP contribution in [0.1, 0.15) is 12.2 Å². The third-order valence-corrected chi connectivity index (χ3v) is 2.53. The zero-order valence-electron chi connectivity index (χ0n) is 9.97. The molecule has 0 saturated heterocycles. The van der Waals surface area contributed by atoms with Gasteiger partial charge in [0.1, 0.15) is 12.2 Å². The Hall–Kier alpha value is -2.51. The van der Waals surface area contributed by atoms with Crippen LogP contribution in [0.4, 0.5) is 15.8 Å². The average molecular weight is 265 g/mol. The summed E-state index contributed by atoms with van der Waals surface area (Å²) >= 11 is 0. The monoisotopic (exact) mass is 265 g/mol. The molecule has 0 radical (unpaired) electrons. The van der Waals surface area contributed by atoms with Crippen molar-refractivity contribution in [2.45, 2.75) is 12.8 Å². The normalized spacial score (nSPS) is 10.4. The van der Waals surface area contributed by atoms with Crippen molar-refractivity contribution in [3.8, 4) is 0 Å². The Balaban J connectivity index is 1.84. The van der Waals surface area contributed by atoms with Crippen LogP contribution in [0.2, 0.25) is 0 Å². The number of aryl methyl sites for hydroxylation is 1. The molecular formula is C11H12FN5O2. The molecule has 0 unspecified atom stereocenters. The van der Waals surface area contributed by atoms with E-state index in [4.69, 9.17) is 0 Å². The average Bonchev–Trinajstić information content (AvgIpc) is 2.89. The summed E-state index contributed by atoms with van der Waals surface area (Å²) in [7, 11) is 0. The van der Waals surface area contributed by atoms with E-state index in [9.17, 15) is 14.5 Å². The van der Waals surface area contributed by atoms with E-state index in [-0.39, 0.29) is 11.4 Å². The number of nitro groups is 1. The van der Waals surface area contributed by atoms with Crippen LogP contribution in [0.3, 0.4) is 0 Å². The molecule has 2 rings (SSSR count). The number of rotatable bonds is 6. The van der Waals surface area contributed by atoms with E-state index >= 15 is 0 Å². The van der Waals surface area contributed by atoms with Crippen LogP contribution in [-0.4, -0.2) is 26.6 Å². The minimum absolute atomic E-state index is 0.253. The molecule has 2 N–H and O–H groups in total. The molecule has 100 valence electrons. The topological polar surface area (TPSA) is 96.7 Å². The third-order valence-electron chi connectivity index (χ3n) is 2.53. The van der Waals surface area contributed by atoms with Gasteiger partial charge in [-0.15, -0.1) is 0 Å². The lowest BCUT2D eigenvalue weighted by Crippen LogP contribution is -2.05. The number of H-pyrrole nitrogens is 1. The summed E-state index contributed by atoms with van der Waals surface area (Å²) in [5, 5.41) is 19.8. The molecule has 8 heteroatoms. The highest BCUT2D eigenvalue weighted by atomic mass is 19.1. The first-order chi connectivity index (χ1) is 9.16. The summed E-state index contributed by atoms with van der Waals surface area (Å²) in [6, 6.07) is 3.53. The van der Waals surface area contributed by atoms with Crippen molar-refractivity contribution in [1.82, 2.24) is 15.2 Å². The number of aromatic amines is 1. The van der Waals surface area contributed by atoms with Gasteiger partial charge in [0.2, 0.25) is 0 Å². The Kier molecular flexibility index (Phi) is 4.01. The summed E-state index contributed by atoms with van der Waals surface area (Å²) in [6.07, 6.45) is 2.87. The molecule has 0 aliphatic carbocycles. The standard InChI is InChI=1S/C11H12FN5O2/c12-9-6-8(17(18)19)3-4-10(9)13-5-1-2-11-14-7-15-16-11/h3-4,6-7,13H,1-2,5H2,(H,14,15,16). The molecule has 0 atom stereocenters. The Bertz CT molecular complexity index is 558. The number of anilines is 1. The lowest BCUT2D eigenvalue weighted by Gasteiger charge is -2.06. The van der Waals surface area contributed by atoms with Gasteiger partial charge in [-0.05, 0) is 12.5 Å². The molecule has 0 bridgehead atoms. The number of nitrogens with zero attached hydrogens (tertiary/aromatic N) is 3. The number of non-ortho nitro benzene ring substituents is 1. The second-order valence-corrected chi connectivity index (χ2v) is 3.88. The molecule has 0 spiro atoms. The molecule has 7 nitrogen and oxygen atoms in total. The van der Waals surface area contributed by atoms with E-state index in [0.717, 1.165) is 18.3 Å². The number of benzene rings is 1. The minimum atomic E-state index is -0.631. The van der Waals surface area contributed by atoms with Crippen molar-refractivity contribution < 1.29 is 9.31 Å². The highest BCUT2D eigenvalue weighted by Gasteiger charge is 2.10. The fraction of sp³-hybridized carbons (Fsp3) is 0.273. The van der Waals surface area contributed by atoms with Crippen LogP contribution in [0.15, 0.2) is 24.5 Å². The summed E-state index contributed by atoms with van der Waals surface area (Å²) < 4.78 is 13.5. The Morgan fingerprint density at radius 1 is 1.47 bits per heavy atom. The SMILES string of the molecule is O=[N+]([O-])c1ccc(NCCCc2ncn[nH]2)c(F)c1. The molecule has 2 aromatic rings. The number of nitrogens with one attached hydrogen (secondary N) is 2. The summed E-state index contributed by atoms with van der Waals surface area (Å²) in [4.78, 5) is 13.8. The lowest BCUT2D eigenvalue weighted by molar-refractivity contribution is -0.385. The van der Waals surface area contributed by atoms with Crippen molar-refractivity contribution in [1.29, 1.82) is 0 Å². The zero-order chi connectivity index (χ0) is 13.7. The summed E-state index contributed by atoms with van der Waals surface area (Å²) in [5.74, 6) is 0.139. The van der Waals surface area contributed by atoms with E-state index in [0.29, 0.717) is 13.0 Å². The van der Waals surface area contributed by atoms with Gasteiger partial charge in [-0.3, -0.25) is 15.2 Å². The molecule has 0 aliphatic heterocycles. The maximum Gasteiger partial charge on any atom is 0.272 e. The number of aromatic nitrogens is 3. The highest BCUT2D eigenvalue weighted by molar-refractivity contribution is 5.50. The second-order valence-electron chi connectivity index (χ2n) is 3.88. The molecule has 0 amide bonds. The fourth-order valence-corrected chi connectivity index (χ4v) is 1.59. The zero-order valence-corrected chi connectivity index (χ0v) is 9.97. The van der Waals surface area contributed by atoms with Gasteiger partial charge in [0.05, 0.1) is 16.7 Å². The van der Waals surface area contributed by atoms with E-state index in [1.807, 2.05) is 0 Å². The van der Waals surface area contributed by atoms with Gasteiger partial charge in [-0.2, -0.15) is 5.10 Å². The maximum absolute atomic E-state index is 13.5. The highest BCUT2D eigenvalue weighted by Crippen LogP contribution is 2.20. The quantitative estimate of drug-likeness (QED) is 0.472. The first-order valence-corrected chi connectivity index (χ1v) is 5.69. The van der Waals surface area contributed by atoms with Gasteiger partial charge in [-0.25, -0.2) is 9.37 Å². The molecule has 0 saturated carbocycles. The predicted molar refractivity (Wildman–Crippen MR) is 66.2 cm³/mol. The van der Waals surface area contributed by atoms with E-state index in [1.165, 1.54) is 18.5 Å². The van der Waals surface area contributed by atoms with E-state index in [1.54, 1.807) is 0 Å². The van der Waals surface area contributed by atoms with Gasteiger partial charge in [0.15, 0.2) is 5.82 Å². The van der Waals surface area contributed by atoms with Gasteiger partial charge in [-0.1, -0.05) is 0 Å². The first-order valence-electron chi connectivity index (χ1n) is 5.69. The van der Waals surface area contributed by atoms with Gasteiger partial charge >= 0.3 is 0 Å². The van der Waals surface area contributed by atoms with E-state index in [2.05, 4.69) is 20.5 Å². The van der Waals surface area contributed by atoms with Crippen LogP contribution < -0.4 is 5.32 Å². The fourth-order valence-electron chi connectivity index (χ4n) is 1.59. The molecule has 1 aromatic carbocycles. The van der Waals surface area contributed by atoms with Crippen LogP contribution in [0.25, 0.3) is 0 Å². The summed E-state index contributed by atoms with van der Waals surface area (Å²) in [5.41, 5.74) is -0.00659. The Labute approximate surface area is 108 Å². The predicted octanol–water partition coefficient (Wildman–Crippen LogP) is 1.90. The van der Waals surface area contributed by atoms with Crippen molar-refractivity contribution >= 4 is 11.4 Å². The number of nitro benzene ring substituents is 1. The Morgan fingerprint density at radius 3 is 2.95 bits per heavy atom. The first kappa shape index (κ1) is 12.9. The minimum Gasteiger partial charge on any atom is -0.383 e. The summed E-state index contributed by atoms with van der Waals surface area (Å²) in [6.45, 7) is 0.537. The molecule has 1 heterocycles. The van der Waals surface area contributed by atoms with Crippen molar-refractivity contribution in [2.24, 2.45) is 0 Å². The van der Waals surface area contributed by atoms with Gasteiger partial charge in [0.25, 0.3) is 5.69 Å². The van der Waals surface area contributed by atoms with Crippen LogP contribution in [0, 0.1) is 15.9 Å². The molecule has 1 aromatic heterocycles. The number of halogens is 1. The lowest BCUT2D eigenvalue weighted by atomic mass is 10.2. The third kappa shape index (κ3) is 3.47. The second kappa shape index (κ2) is 5.89. The Morgan fingerprint density at radius 2 is 2.32 bits per heavy atom. The van der Waals surface area contributed by atoms with Crippen molar-refractivity contribution in [3.05, 3.63) is 46.3 Å². The largest absolute Gasteiger partial charge is 0.383 e. The van der Waals surface area contributed by atoms with Crippen LogP contribution in [0.5, 0.6) is 0 Å². The molecular weight excluding hydrogens is 253 g/mol. The van der Waals surface area contributed by atoms with Crippen molar-refractivity contribution in [3.63, 3.8) is 0 Å². The number of hydrogen-bond acceptors (Lipinski definition) is 5. The van der Waals surface area contributed by atoms with Crippen molar-refractivity contribution in [2.75, 3.05) is 11.9 Å².